The lowest BCUT2D eigenvalue weighted by molar-refractivity contribution is 0.0423. The summed E-state index contributed by atoms with van der Waals surface area (Å²) in [5.74, 6) is 1.86. The van der Waals surface area contributed by atoms with E-state index in [0.29, 0.717) is 0 Å². The average molecular weight is 275 g/mol. The first-order valence-corrected chi connectivity index (χ1v) is 7.87. The van der Waals surface area contributed by atoms with Crippen LogP contribution in [0.3, 0.4) is 0 Å². The van der Waals surface area contributed by atoms with Crippen molar-refractivity contribution in [1.29, 1.82) is 0 Å². The Morgan fingerprint density at radius 1 is 1.40 bits per heavy atom. The maximum absolute atomic E-state index is 6.40. The molecule has 1 heterocycles. The van der Waals surface area contributed by atoms with Gasteiger partial charge in [0.15, 0.2) is 0 Å². The highest BCUT2D eigenvalue weighted by Gasteiger charge is 2.42. The highest BCUT2D eigenvalue weighted by molar-refractivity contribution is 5.44. The van der Waals surface area contributed by atoms with Crippen molar-refractivity contribution in [2.24, 2.45) is 5.73 Å². The number of fused-ring (bicyclic) bond motifs is 1. The summed E-state index contributed by atoms with van der Waals surface area (Å²) in [7, 11) is 0. The van der Waals surface area contributed by atoms with E-state index in [-0.39, 0.29) is 17.7 Å². The molecule has 2 N–H and O–H groups in total. The van der Waals surface area contributed by atoms with Crippen molar-refractivity contribution in [3.63, 3.8) is 0 Å². The molecule has 1 fully saturated rings. The smallest absolute Gasteiger partial charge is 0.125 e. The molecule has 20 heavy (non-hydrogen) atoms. The van der Waals surface area contributed by atoms with Crippen molar-refractivity contribution in [3.8, 4) is 11.5 Å². The second-order valence-corrected chi connectivity index (χ2v) is 6.34. The average Bonchev–Trinajstić information content (AvgIpc) is 2.87. The molecule has 3 heteroatoms. The molecule has 0 aromatic heterocycles. The highest BCUT2D eigenvalue weighted by Crippen LogP contribution is 2.47. The quantitative estimate of drug-likeness (QED) is 0.908. The van der Waals surface area contributed by atoms with Gasteiger partial charge in [0.05, 0.1) is 6.10 Å². The molecule has 1 aromatic rings. The lowest BCUT2D eigenvalue weighted by Crippen LogP contribution is -2.40. The van der Waals surface area contributed by atoms with Crippen LogP contribution in [0.25, 0.3) is 0 Å². The third-order valence-electron chi connectivity index (χ3n) is 4.73. The first kappa shape index (κ1) is 13.7. The van der Waals surface area contributed by atoms with Crippen LogP contribution in [0, 0.1) is 0 Å². The van der Waals surface area contributed by atoms with Gasteiger partial charge in [-0.25, -0.2) is 0 Å². The van der Waals surface area contributed by atoms with E-state index in [0.717, 1.165) is 42.7 Å². The van der Waals surface area contributed by atoms with Gasteiger partial charge in [-0.05, 0) is 57.2 Å². The largest absolute Gasteiger partial charge is 0.491 e. The summed E-state index contributed by atoms with van der Waals surface area (Å²) in [6, 6.07) is 6.17. The zero-order valence-corrected chi connectivity index (χ0v) is 12.5. The molecule has 0 saturated heterocycles. The van der Waals surface area contributed by atoms with Crippen molar-refractivity contribution in [1.82, 2.24) is 0 Å². The van der Waals surface area contributed by atoms with E-state index in [4.69, 9.17) is 15.2 Å². The van der Waals surface area contributed by atoms with E-state index in [9.17, 15) is 0 Å². The van der Waals surface area contributed by atoms with E-state index in [1.807, 2.05) is 12.1 Å². The summed E-state index contributed by atoms with van der Waals surface area (Å²) in [4.78, 5) is 0. The number of nitrogens with two attached hydrogens (primary N) is 1. The maximum atomic E-state index is 6.40. The molecule has 3 nitrogen and oxygen atoms in total. The summed E-state index contributed by atoms with van der Waals surface area (Å²) < 4.78 is 12.2. The van der Waals surface area contributed by atoms with Crippen molar-refractivity contribution < 1.29 is 9.47 Å². The van der Waals surface area contributed by atoms with Crippen molar-refractivity contribution in [3.05, 3.63) is 23.8 Å². The first-order chi connectivity index (χ1) is 9.62. The van der Waals surface area contributed by atoms with Crippen LogP contribution in [-0.4, -0.2) is 11.7 Å². The maximum Gasteiger partial charge on any atom is 0.125 e. The molecule has 1 spiro atoms. The molecule has 2 unspecified atom stereocenters. The van der Waals surface area contributed by atoms with E-state index in [1.165, 1.54) is 12.8 Å². The third-order valence-corrected chi connectivity index (χ3v) is 4.73. The van der Waals surface area contributed by atoms with Gasteiger partial charge in [0.1, 0.15) is 17.1 Å². The van der Waals surface area contributed by atoms with Crippen molar-refractivity contribution >= 4 is 0 Å². The van der Waals surface area contributed by atoms with Gasteiger partial charge in [-0.2, -0.15) is 0 Å². The summed E-state index contributed by atoms with van der Waals surface area (Å²) in [5.41, 5.74) is 7.50. The molecule has 2 atom stereocenters. The summed E-state index contributed by atoms with van der Waals surface area (Å²) >= 11 is 0. The van der Waals surface area contributed by atoms with Crippen LogP contribution < -0.4 is 15.2 Å². The van der Waals surface area contributed by atoms with Gasteiger partial charge in [0, 0.05) is 18.0 Å². The van der Waals surface area contributed by atoms with Crippen LogP contribution in [0.2, 0.25) is 0 Å². The van der Waals surface area contributed by atoms with Gasteiger partial charge in [-0.3, -0.25) is 0 Å². The van der Waals surface area contributed by atoms with Crippen LogP contribution in [0.4, 0.5) is 0 Å². The van der Waals surface area contributed by atoms with E-state index < -0.39 is 0 Å². The lowest BCUT2D eigenvalue weighted by atomic mass is 9.86. The second-order valence-electron chi connectivity index (χ2n) is 6.34. The molecular formula is C17H25NO2. The number of rotatable bonds is 3. The first-order valence-electron chi connectivity index (χ1n) is 7.87. The van der Waals surface area contributed by atoms with Gasteiger partial charge in [-0.1, -0.05) is 6.92 Å². The van der Waals surface area contributed by atoms with Gasteiger partial charge < -0.3 is 15.2 Å². The Morgan fingerprint density at radius 3 is 2.85 bits per heavy atom. The minimum absolute atomic E-state index is 0.00546. The Labute approximate surface area is 121 Å². The van der Waals surface area contributed by atoms with Crippen LogP contribution in [0.15, 0.2) is 18.2 Å². The Balaban J connectivity index is 1.84. The van der Waals surface area contributed by atoms with Gasteiger partial charge in [-0.15, -0.1) is 0 Å². The monoisotopic (exact) mass is 275 g/mol. The molecule has 1 aliphatic carbocycles. The molecule has 0 bridgehead atoms. The number of ether oxygens (including phenoxy) is 2. The number of hydrogen-bond donors (Lipinski definition) is 1. The third kappa shape index (κ3) is 2.51. The second kappa shape index (κ2) is 5.28. The van der Waals surface area contributed by atoms with Gasteiger partial charge in [0.2, 0.25) is 0 Å². The van der Waals surface area contributed by atoms with Gasteiger partial charge in [0.25, 0.3) is 0 Å². The van der Waals surface area contributed by atoms with Gasteiger partial charge >= 0.3 is 0 Å². The van der Waals surface area contributed by atoms with Crippen LogP contribution in [0.1, 0.15) is 64.0 Å². The van der Waals surface area contributed by atoms with Crippen molar-refractivity contribution in [2.75, 3.05) is 0 Å². The molecular weight excluding hydrogens is 250 g/mol. The standard InChI is InChI=1S/C17H25NO2/c1-3-12(2)19-13-6-7-16-14(10-13)15(18)11-17(20-16)8-4-5-9-17/h6-7,10,12,15H,3-5,8-9,11,18H2,1-2H3. The predicted octanol–water partition coefficient (Wildman–Crippen LogP) is 3.96. The molecule has 110 valence electrons. The molecule has 1 aromatic carbocycles. The fourth-order valence-electron chi connectivity index (χ4n) is 3.41. The van der Waals surface area contributed by atoms with E-state index >= 15 is 0 Å². The molecule has 1 aliphatic heterocycles. The Morgan fingerprint density at radius 2 is 2.15 bits per heavy atom. The van der Waals surface area contributed by atoms with Crippen LogP contribution in [-0.2, 0) is 0 Å². The highest BCUT2D eigenvalue weighted by atomic mass is 16.5. The zero-order chi connectivity index (χ0) is 14.2. The summed E-state index contributed by atoms with van der Waals surface area (Å²) in [5, 5.41) is 0. The summed E-state index contributed by atoms with van der Waals surface area (Å²) in [6.45, 7) is 4.21. The zero-order valence-electron chi connectivity index (χ0n) is 12.5. The Kier molecular flexibility index (Phi) is 3.63. The predicted molar refractivity (Wildman–Crippen MR) is 80.2 cm³/mol. The van der Waals surface area contributed by atoms with Crippen molar-refractivity contribution in [2.45, 2.75) is 70.1 Å². The topological polar surface area (TPSA) is 44.5 Å². The van der Waals surface area contributed by atoms with E-state index in [1.54, 1.807) is 0 Å². The number of benzene rings is 1. The van der Waals surface area contributed by atoms with Crippen LogP contribution >= 0.6 is 0 Å². The minimum atomic E-state index is 0.00546. The van der Waals surface area contributed by atoms with Crippen LogP contribution in [0.5, 0.6) is 11.5 Å². The fourth-order valence-corrected chi connectivity index (χ4v) is 3.41. The molecule has 1 saturated carbocycles. The molecule has 0 radical (unpaired) electrons. The normalized spacial score (nSPS) is 25.1. The fraction of sp³-hybridized carbons (Fsp3) is 0.647. The number of hydrogen-bond acceptors (Lipinski definition) is 3. The molecule has 0 amide bonds. The molecule has 3 rings (SSSR count). The Bertz CT molecular complexity index is 480. The Hall–Kier alpha value is -1.22. The molecule has 2 aliphatic rings. The minimum Gasteiger partial charge on any atom is -0.491 e. The summed E-state index contributed by atoms with van der Waals surface area (Å²) in [6.07, 6.45) is 6.98. The lowest BCUT2D eigenvalue weighted by Gasteiger charge is -2.39. The van der Waals surface area contributed by atoms with E-state index in [2.05, 4.69) is 19.9 Å². The SMILES string of the molecule is CCC(C)Oc1ccc2c(c1)C(N)CC1(CCCC1)O2.